The largest absolute Gasteiger partial charge is 0.489 e. The molecule has 0 saturated carbocycles. The van der Waals surface area contributed by atoms with E-state index in [-0.39, 0.29) is 6.10 Å². The van der Waals surface area contributed by atoms with Gasteiger partial charge in [0.15, 0.2) is 0 Å². The van der Waals surface area contributed by atoms with Crippen molar-refractivity contribution < 1.29 is 4.74 Å². The second-order valence-corrected chi connectivity index (χ2v) is 4.27. The lowest BCUT2D eigenvalue weighted by Crippen LogP contribution is -2.14. The van der Waals surface area contributed by atoms with Gasteiger partial charge in [0.25, 0.3) is 0 Å². The van der Waals surface area contributed by atoms with Crippen molar-refractivity contribution in [3.05, 3.63) is 28.8 Å². The van der Waals surface area contributed by atoms with E-state index < -0.39 is 0 Å². The lowest BCUT2D eigenvalue weighted by molar-refractivity contribution is 0.193. The van der Waals surface area contributed by atoms with Gasteiger partial charge in [0.1, 0.15) is 5.75 Å². The van der Waals surface area contributed by atoms with Crippen LogP contribution in [-0.4, -0.2) is 12.6 Å². The van der Waals surface area contributed by atoms with Crippen LogP contribution in [0.1, 0.15) is 32.3 Å². The molecule has 0 aromatic heterocycles. The van der Waals surface area contributed by atoms with Gasteiger partial charge in [0.05, 0.1) is 11.1 Å². The number of benzene rings is 1. The molecule has 16 heavy (non-hydrogen) atoms. The van der Waals surface area contributed by atoms with Crippen molar-refractivity contribution in [2.45, 2.75) is 39.2 Å². The van der Waals surface area contributed by atoms with E-state index in [1.54, 1.807) is 0 Å². The summed E-state index contributed by atoms with van der Waals surface area (Å²) in [6.07, 6.45) is 3.09. The second kappa shape index (κ2) is 6.77. The summed E-state index contributed by atoms with van der Waals surface area (Å²) in [6.45, 7) is 4.87. The molecule has 0 aliphatic rings. The first kappa shape index (κ1) is 13.3. The Balaban J connectivity index is 2.74. The van der Waals surface area contributed by atoms with Crippen LogP contribution < -0.4 is 10.5 Å². The fraction of sp³-hybridized carbons (Fsp3) is 0.538. The van der Waals surface area contributed by atoms with Gasteiger partial charge in [0.2, 0.25) is 0 Å². The number of hydrogen-bond donors (Lipinski definition) is 1. The minimum absolute atomic E-state index is 0.248. The maximum absolute atomic E-state index is 6.16. The molecule has 0 aliphatic carbocycles. The van der Waals surface area contributed by atoms with Gasteiger partial charge in [-0.2, -0.15) is 0 Å². The van der Waals surface area contributed by atoms with Crippen molar-refractivity contribution in [1.29, 1.82) is 0 Å². The SMILES string of the molecule is CCC(CC)Oc1ccc(CCN)cc1Cl. The molecule has 0 unspecified atom stereocenters. The van der Waals surface area contributed by atoms with E-state index in [1.165, 1.54) is 0 Å². The molecule has 0 saturated heterocycles. The van der Waals surface area contributed by atoms with Gasteiger partial charge >= 0.3 is 0 Å². The number of hydrogen-bond acceptors (Lipinski definition) is 2. The lowest BCUT2D eigenvalue weighted by Gasteiger charge is -2.17. The first-order chi connectivity index (χ1) is 7.71. The van der Waals surface area contributed by atoms with E-state index in [0.29, 0.717) is 11.6 Å². The van der Waals surface area contributed by atoms with Gasteiger partial charge in [-0.1, -0.05) is 31.5 Å². The zero-order valence-corrected chi connectivity index (χ0v) is 10.8. The number of halogens is 1. The molecule has 2 N–H and O–H groups in total. The van der Waals surface area contributed by atoms with Crippen molar-refractivity contribution in [2.75, 3.05) is 6.54 Å². The van der Waals surface area contributed by atoms with Gasteiger partial charge in [-0.15, -0.1) is 0 Å². The molecule has 0 bridgehead atoms. The van der Waals surface area contributed by atoms with Crippen molar-refractivity contribution in [3.8, 4) is 5.75 Å². The van der Waals surface area contributed by atoms with Crippen LogP contribution >= 0.6 is 11.6 Å². The maximum Gasteiger partial charge on any atom is 0.138 e. The van der Waals surface area contributed by atoms with Crippen molar-refractivity contribution in [1.82, 2.24) is 0 Å². The average molecular weight is 242 g/mol. The summed E-state index contributed by atoms with van der Waals surface area (Å²) in [5, 5.41) is 0.679. The normalized spacial score (nSPS) is 10.8. The molecule has 0 radical (unpaired) electrons. The Morgan fingerprint density at radius 3 is 2.50 bits per heavy atom. The Kier molecular flexibility index (Phi) is 5.64. The van der Waals surface area contributed by atoms with Crippen LogP contribution in [0.2, 0.25) is 5.02 Å². The Bertz CT molecular complexity index is 324. The number of nitrogens with two attached hydrogens (primary N) is 1. The van der Waals surface area contributed by atoms with Crippen molar-refractivity contribution >= 4 is 11.6 Å². The second-order valence-electron chi connectivity index (χ2n) is 3.86. The standard InChI is InChI=1S/C13H20ClNO/c1-3-11(4-2)16-13-6-5-10(7-8-15)9-12(13)14/h5-6,9,11H,3-4,7-8,15H2,1-2H3. The van der Waals surface area contributed by atoms with Crippen LogP contribution in [0.5, 0.6) is 5.75 Å². The molecule has 1 rings (SSSR count). The average Bonchev–Trinajstić information content (AvgIpc) is 2.29. The molecular weight excluding hydrogens is 222 g/mol. The molecule has 0 fully saturated rings. The Hall–Kier alpha value is -0.730. The monoisotopic (exact) mass is 241 g/mol. The maximum atomic E-state index is 6.16. The van der Waals surface area contributed by atoms with Crippen molar-refractivity contribution in [2.24, 2.45) is 5.73 Å². The molecule has 1 aromatic carbocycles. The summed E-state index contributed by atoms with van der Waals surface area (Å²) in [7, 11) is 0. The Labute approximate surface area is 103 Å². The third-order valence-electron chi connectivity index (χ3n) is 2.63. The summed E-state index contributed by atoms with van der Waals surface area (Å²) in [5.74, 6) is 0.774. The quantitative estimate of drug-likeness (QED) is 0.829. The molecule has 0 atom stereocenters. The summed E-state index contributed by atoms with van der Waals surface area (Å²) >= 11 is 6.16. The highest BCUT2D eigenvalue weighted by Crippen LogP contribution is 2.27. The van der Waals surface area contributed by atoms with Crippen LogP contribution in [0.3, 0.4) is 0 Å². The molecular formula is C13H20ClNO. The summed E-state index contributed by atoms with van der Waals surface area (Å²) in [5.41, 5.74) is 6.65. The predicted molar refractivity (Wildman–Crippen MR) is 69.2 cm³/mol. The van der Waals surface area contributed by atoms with Crippen molar-refractivity contribution in [3.63, 3.8) is 0 Å². The molecule has 90 valence electrons. The zero-order valence-electron chi connectivity index (χ0n) is 10.0. The molecule has 2 nitrogen and oxygen atoms in total. The smallest absolute Gasteiger partial charge is 0.138 e. The van der Waals surface area contributed by atoms with Gasteiger partial charge in [0, 0.05) is 0 Å². The molecule has 0 heterocycles. The van der Waals surface area contributed by atoms with Crippen LogP contribution in [0.4, 0.5) is 0 Å². The van der Waals surface area contributed by atoms with Crippen LogP contribution in [0, 0.1) is 0 Å². The fourth-order valence-electron chi connectivity index (χ4n) is 1.60. The van der Waals surface area contributed by atoms with E-state index in [4.69, 9.17) is 22.1 Å². The molecule has 0 spiro atoms. The predicted octanol–water partition coefficient (Wildman–Crippen LogP) is 3.41. The Morgan fingerprint density at radius 1 is 1.31 bits per heavy atom. The molecule has 0 aliphatic heterocycles. The first-order valence-corrected chi connectivity index (χ1v) is 6.24. The fourth-order valence-corrected chi connectivity index (χ4v) is 1.84. The number of rotatable bonds is 6. The van der Waals surface area contributed by atoms with Crippen LogP contribution in [-0.2, 0) is 6.42 Å². The first-order valence-electron chi connectivity index (χ1n) is 5.86. The van der Waals surface area contributed by atoms with E-state index in [9.17, 15) is 0 Å². The van der Waals surface area contributed by atoms with E-state index in [1.807, 2.05) is 18.2 Å². The van der Waals surface area contributed by atoms with Crippen LogP contribution in [0.25, 0.3) is 0 Å². The van der Waals surface area contributed by atoms with Gasteiger partial charge in [-0.05, 0) is 43.5 Å². The minimum atomic E-state index is 0.248. The minimum Gasteiger partial charge on any atom is -0.489 e. The van der Waals surface area contributed by atoms with Gasteiger partial charge < -0.3 is 10.5 Å². The molecule has 0 amide bonds. The summed E-state index contributed by atoms with van der Waals surface area (Å²) < 4.78 is 5.81. The van der Waals surface area contributed by atoms with Gasteiger partial charge in [-0.3, -0.25) is 0 Å². The highest BCUT2D eigenvalue weighted by molar-refractivity contribution is 6.32. The summed E-state index contributed by atoms with van der Waals surface area (Å²) in [6, 6.07) is 5.90. The molecule has 3 heteroatoms. The third kappa shape index (κ3) is 3.69. The van der Waals surface area contributed by atoms with E-state index in [2.05, 4.69) is 13.8 Å². The van der Waals surface area contributed by atoms with E-state index >= 15 is 0 Å². The Morgan fingerprint density at radius 2 is 2.00 bits per heavy atom. The van der Waals surface area contributed by atoms with E-state index in [0.717, 1.165) is 30.6 Å². The van der Waals surface area contributed by atoms with Crippen LogP contribution in [0.15, 0.2) is 18.2 Å². The highest BCUT2D eigenvalue weighted by atomic mass is 35.5. The summed E-state index contributed by atoms with van der Waals surface area (Å²) in [4.78, 5) is 0. The molecule has 1 aromatic rings. The zero-order chi connectivity index (χ0) is 12.0. The topological polar surface area (TPSA) is 35.2 Å². The number of ether oxygens (including phenoxy) is 1. The van der Waals surface area contributed by atoms with Gasteiger partial charge in [-0.25, -0.2) is 0 Å². The highest BCUT2D eigenvalue weighted by Gasteiger charge is 2.08. The third-order valence-corrected chi connectivity index (χ3v) is 2.93. The lowest BCUT2D eigenvalue weighted by atomic mass is 10.1.